The lowest BCUT2D eigenvalue weighted by molar-refractivity contribution is 1.18. The molecule has 0 aliphatic carbocycles. The first-order chi connectivity index (χ1) is 8.06. The van der Waals surface area contributed by atoms with E-state index in [4.69, 9.17) is 40.5 Å². The minimum absolute atomic E-state index is 0. The van der Waals surface area contributed by atoms with Crippen LogP contribution in [0.5, 0.6) is 0 Å². The van der Waals surface area contributed by atoms with Gasteiger partial charge in [-0.05, 0) is 12.1 Å². The Morgan fingerprint density at radius 3 is 2.17 bits per heavy atom. The molecule has 1 aromatic carbocycles. The second-order valence-electron chi connectivity index (χ2n) is 3.20. The Labute approximate surface area is 125 Å². The zero-order valence-corrected chi connectivity index (χ0v) is 11.9. The minimum atomic E-state index is 0. The standard InChI is InChI=1S/C10H7Cl3N4.ClH/c11-5-1-6(12)10(7(13)2-5)17-9-3-8(14)15-4-16-9;/h1-4H,(H3,14,15,16,17);1H. The molecular weight excluding hydrogens is 318 g/mol. The fourth-order valence-electron chi connectivity index (χ4n) is 1.23. The van der Waals surface area contributed by atoms with E-state index in [1.807, 2.05) is 0 Å². The largest absolute Gasteiger partial charge is 0.384 e. The third kappa shape index (κ3) is 3.53. The van der Waals surface area contributed by atoms with E-state index in [0.717, 1.165) is 0 Å². The third-order valence-electron chi connectivity index (χ3n) is 1.95. The molecule has 2 aromatic rings. The van der Waals surface area contributed by atoms with Gasteiger partial charge in [-0.25, -0.2) is 9.97 Å². The van der Waals surface area contributed by atoms with Crippen LogP contribution in [0.3, 0.4) is 0 Å². The molecule has 0 saturated carbocycles. The van der Waals surface area contributed by atoms with Crippen molar-refractivity contribution in [3.05, 3.63) is 39.6 Å². The number of benzene rings is 1. The van der Waals surface area contributed by atoms with Crippen LogP contribution >= 0.6 is 47.2 Å². The zero-order chi connectivity index (χ0) is 12.4. The number of anilines is 3. The van der Waals surface area contributed by atoms with E-state index >= 15 is 0 Å². The van der Waals surface area contributed by atoms with E-state index in [1.54, 1.807) is 18.2 Å². The average molecular weight is 326 g/mol. The Morgan fingerprint density at radius 2 is 1.61 bits per heavy atom. The Balaban J connectivity index is 0.00000162. The van der Waals surface area contributed by atoms with Gasteiger partial charge >= 0.3 is 0 Å². The van der Waals surface area contributed by atoms with Gasteiger partial charge in [0.1, 0.15) is 18.0 Å². The number of nitrogens with two attached hydrogens (primary N) is 1. The number of nitrogens with zero attached hydrogens (tertiary/aromatic N) is 2. The van der Waals surface area contributed by atoms with E-state index in [0.29, 0.717) is 32.4 Å². The third-order valence-corrected chi connectivity index (χ3v) is 2.76. The molecule has 0 amide bonds. The molecule has 96 valence electrons. The molecule has 0 atom stereocenters. The number of aromatic nitrogens is 2. The van der Waals surface area contributed by atoms with Gasteiger partial charge in [0.15, 0.2) is 0 Å². The zero-order valence-electron chi connectivity index (χ0n) is 8.82. The van der Waals surface area contributed by atoms with Crippen LogP contribution in [-0.2, 0) is 0 Å². The van der Waals surface area contributed by atoms with E-state index in [9.17, 15) is 0 Å². The maximum Gasteiger partial charge on any atom is 0.135 e. The number of hydrogen-bond donors (Lipinski definition) is 2. The van der Waals surface area contributed by atoms with Gasteiger partial charge in [0.25, 0.3) is 0 Å². The number of rotatable bonds is 2. The van der Waals surface area contributed by atoms with Crippen LogP contribution in [0.25, 0.3) is 0 Å². The predicted molar refractivity (Wildman–Crippen MR) is 78.4 cm³/mol. The fourth-order valence-corrected chi connectivity index (χ4v) is 2.14. The van der Waals surface area contributed by atoms with Gasteiger partial charge in [-0.1, -0.05) is 34.8 Å². The van der Waals surface area contributed by atoms with Crippen LogP contribution in [-0.4, -0.2) is 9.97 Å². The topological polar surface area (TPSA) is 63.8 Å². The fraction of sp³-hybridized carbons (Fsp3) is 0. The summed E-state index contributed by atoms with van der Waals surface area (Å²) in [5, 5.41) is 4.23. The highest BCUT2D eigenvalue weighted by molar-refractivity contribution is 6.41. The quantitative estimate of drug-likeness (QED) is 0.869. The lowest BCUT2D eigenvalue weighted by Gasteiger charge is -2.10. The van der Waals surface area contributed by atoms with Crippen LogP contribution in [0.2, 0.25) is 15.1 Å². The summed E-state index contributed by atoms with van der Waals surface area (Å²) < 4.78 is 0. The Bertz CT molecular complexity index is 538. The van der Waals surface area contributed by atoms with E-state index in [2.05, 4.69) is 15.3 Å². The highest BCUT2D eigenvalue weighted by atomic mass is 35.5. The summed E-state index contributed by atoms with van der Waals surface area (Å²) in [5.74, 6) is 0.854. The number of nitrogens with one attached hydrogen (secondary N) is 1. The van der Waals surface area contributed by atoms with Gasteiger partial charge in [-0.15, -0.1) is 12.4 Å². The molecular formula is C10H8Cl4N4. The van der Waals surface area contributed by atoms with Gasteiger partial charge in [-0.2, -0.15) is 0 Å². The Kier molecular flexibility index (Phi) is 5.28. The second kappa shape index (κ2) is 6.29. The molecule has 0 fully saturated rings. The van der Waals surface area contributed by atoms with E-state index < -0.39 is 0 Å². The first-order valence-corrected chi connectivity index (χ1v) is 5.69. The summed E-state index contributed by atoms with van der Waals surface area (Å²) in [6, 6.07) is 4.74. The van der Waals surface area contributed by atoms with E-state index in [-0.39, 0.29) is 12.4 Å². The summed E-state index contributed by atoms with van der Waals surface area (Å²) in [6.45, 7) is 0. The van der Waals surface area contributed by atoms with Gasteiger partial charge in [-0.3, -0.25) is 0 Å². The number of hydrogen-bond acceptors (Lipinski definition) is 4. The maximum absolute atomic E-state index is 6.02. The van der Waals surface area contributed by atoms with Crippen molar-refractivity contribution in [2.45, 2.75) is 0 Å². The summed E-state index contributed by atoms with van der Waals surface area (Å²) in [6.07, 6.45) is 1.34. The molecule has 0 spiro atoms. The normalized spacial score (nSPS) is 9.72. The molecule has 8 heteroatoms. The average Bonchev–Trinajstić information content (AvgIpc) is 2.23. The molecule has 0 radical (unpaired) electrons. The lowest BCUT2D eigenvalue weighted by atomic mass is 10.3. The molecule has 1 aromatic heterocycles. The van der Waals surface area contributed by atoms with Crippen molar-refractivity contribution in [1.29, 1.82) is 0 Å². The minimum Gasteiger partial charge on any atom is -0.384 e. The first-order valence-electron chi connectivity index (χ1n) is 4.55. The monoisotopic (exact) mass is 324 g/mol. The maximum atomic E-state index is 6.02. The second-order valence-corrected chi connectivity index (χ2v) is 4.45. The van der Waals surface area contributed by atoms with Crippen molar-refractivity contribution in [1.82, 2.24) is 9.97 Å². The Hall–Kier alpha value is -0.940. The molecule has 0 saturated heterocycles. The Morgan fingerprint density at radius 1 is 1.00 bits per heavy atom. The highest BCUT2D eigenvalue weighted by Crippen LogP contribution is 2.35. The summed E-state index contributed by atoms with van der Waals surface area (Å²) in [5.41, 5.74) is 6.06. The summed E-state index contributed by atoms with van der Waals surface area (Å²) in [7, 11) is 0. The van der Waals surface area contributed by atoms with Crippen LogP contribution < -0.4 is 11.1 Å². The molecule has 4 nitrogen and oxygen atoms in total. The smallest absolute Gasteiger partial charge is 0.135 e. The van der Waals surface area contributed by atoms with Crippen LogP contribution in [0.1, 0.15) is 0 Å². The van der Waals surface area contributed by atoms with Crippen molar-refractivity contribution in [3.8, 4) is 0 Å². The molecule has 1 heterocycles. The van der Waals surface area contributed by atoms with Crippen molar-refractivity contribution in [2.24, 2.45) is 0 Å². The van der Waals surface area contributed by atoms with Crippen LogP contribution in [0, 0.1) is 0 Å². The van der Waals surface area contributed by atoms with Crippen LogP contribution in [0.4, 0.5) is 17.3 Å². The predicted octanol–water partition coefficient (Wildman–Crippen LogP) is 4.18. The van der Waals surface area contributed by atoms with Gasteiger partial charge in [0.2, 0.25) is 0 Å². The van der Waals surface area contributed by atoms with Crippen molar-refractivity contribution in [2.75, 3.05) is 11.1 Å². The molecule has 0 aliphatic heterocycles. The van der Waals surface area contributed by atoms with Gasteiger partial charge in [0.05, 0.1) is 15.7 Å². The van der Waals surface area contributed by atoms with E-state index in [1.165, 1.54) is 6.33 Å². The SMILES string of the molecule is Cl.Nc1cc(Nc2c(Cl)cc(Cl)cc2Cl)ncn1. The molecule has 3 N–H and O–H groups in total. The number of halogens is 4. The van der Waals surface area contributed by atoms with Gasteiger partial charge < -0.3 is 11.1 Å². The first kappa shape index (κ1) is 15.1. The molecule has 18 heavy (non-hydrogen) atoms. The van der Waals surface area contributed by atoms with Crippen molar-refractivity contribution >= 4 is 64.5 Å². The summed E-state index contributed by atoms with van der Waals surface area (Å²) >= 11 is 17.8. The van der Waals surface area contributed by atoms with Crippen molar-refractivity contribution in [3.63, 3.8) is 0 Å². The lowest BCUT2D eigenvalue weighted by Crippen LogP contribution is -1.98. The molecule has 0 unspecified atom stereocenters. The molecule has 0 bridgehead atoms. The van der Waals surface area contributed by atoms with Gasteiger partial charge in [0, 0.05) is 11.1 Å². The van der Waals surface area contributed by atoms with Crippen LogP contribution in [0.15, 0.2) is 24.5 Å². The molecule has 2 rings (SSSR count). The molecule has 0 aliphatic rings. The van der Waals surface area contributed by atoms with Crippen molar-refractivity contribution < 1.29 is 0 Å². The summed E-state index contributed by atoms with van der Waals surface area (Å²) in [4.78, 5) is 7.77. The highest BCUT2D eigenvalue weighted by Gasteiger charge is 2.08. The number of nitrogen functional groups attached to an aromatic ring is 1.